The molecule has 0 aliphatic carbocycles. The van der Waals surface area contributed by atoms with E-state index in [9.17, 15) is 4.79 Å². The van der Waals surface area contributed by atoms with Crippen LogP contribution >= 0.6 is 0 Å². The number of ether oxygens (including phenoxy) is 1. The Labute approximate surface area is 169 Å². The van der Waals surface area contributed by atoms with Crippen LogP contribution in [0.1, 0.15) is 11.4 Å². The van der Waals surface area contributed by atoms with Crippen LogP contribution in [0.5, 0.6) is 5.75 Å². The Balaban J connectivity index is 1.26. The number of benzene rings is 2. The van der Waals surface area contributed by atoms with E-state index in [0.29, 0.717) is 18.9 Å². The second-order valence-corrected chi connectivity index (χ2v) is 7.04. The second kappa shape index (κ2) is 8.72. The molecule has 8 nitrogen and oxygen atoms in total. The zero-order valence-electron chi connectivity index (χ0n) is 16.4. The van der Waals surface area contributed by atoms with Crippen molar-refractivity contribution in [2.24, 2.45) is 0 Å². The highest BCUT2D eigenvalue weighted by Crippen LogP contribution is 2.18. The number of hydrogen-bond donors (Lipinski definition) is 0. The average molecular weight is 392 g/mol. The lowest BCUT2D eigenvalue weighted by atomic mass is 10.2. The van der Waals surface area contributed by atoms with Crippen molar-refractivity contribution in [2.45, 2.75) is 20.1 Å². The predicted octanol–water partition coefficient (Wildman–Crippen LogP) is 1.91. The van der Waals surface area contributed by atoms with Gasteiger partial charge in [-0.05, 0) is 42.0 Å². The number of hydrogen-bond acceptors (Lipinski definition) is 6. The number of aromatic nitrogens is 4. The molecule has 2 aromatic carbocycles. The number of carbonyl (C=O) groups is 1. The third kappa shape index (κ3) is 4.90. The summed E-state index contributed by atoms with van der Waals surface area (Å²) in [5, 5.41) is 12.2. The minimum atomic E-state index is 0.00169. The molecule has 29 heavy (non-hydrogen) atoms. The molecule has 0 saturated carbocycles. The molecule has 1 aliphatic heterocycles. The standard InChI is InChI=1S/C21H24N6O2/c1-17-6-5-7-18(14-17)25-10-12-26(13-11-25)21(28)15-27-23-20(22-24-27)16-29-19-8-3-2-4-9-19/h2-9,14H,10-13,15-16H2,1H3. The van der Waals surface area contributed by atoms with Crippen LogP contribution in [-0.2, 0) is 17.9 Å². The number of piperazine rings is 1. The summed E-state index contributed by atoms with van der Waals surface area (Å²) in [5.74, 6) is 1.19. The van der Waals surface area contributed by atoms with E-state index in [4.69, 9.17) is 4.74 Å². The molecule has 0 atom stereocenters. The normalized spacial score (nSPS) is 14.1. The first-order valence-corrected chi connectivity index (χ1v) is 9.71. The smallest absolute Gasteiger partial charge is 0.246 e. The third-order valence-corrected chi connectivity index (χ3v) is 4.88. The highest BCUT2D eigenvalue weighted by atomic mass is 16.5. The number of para-hydroxylation sites is 1. The lowest BCUT2D eigenvalue weighted by Gasteiger charge is -2.36. The molecule has 0 radical (unpaired) electrons. The van der Waals surface area contributed by atoms with Gasteiger partial charge in [-0.25, -0.2) is 0 Å². The Kier molecular flexibility index (Phi) is 5.69. The van der Waals surface area contributed by atoms with Crippen molar-refractivity contribution >= 4 is 11.6 Å². The number of amides is 1. The molecule has 2 heterocycles. The summed E-state index contributed by atoms with van der Waals surface area (Å²) >= 11 is 0. The van der Waals surface area contributed by atoms with E-state index in [1.807, 2.05) is 35.2 Å². The molecule has 1 saturated heterocycles. The number of aryl methyl sites for hydroxylation is 1. The van der Waals surface area contributed by atoms with Crippen molar-refractivity contribution in [3.63, 3.8) is 0 Å². The maximum absolute atomic E-state index is 12.6. The Hall–Kier alpha value is -3.42. The molecular formula is C21H24N6O2. The van der Waals surface area contributed by atoms with Gasteiger partial charge in [0.1, 0.15) is 12.3 Å². The van der Waals surface area contributed by atoms with Crippen LogP contribution in [0.25, 0.3) is 0 Å². The van der Waals surface area contributed by atoms with E-state index < -0.39 is 0 Å². The minimum Gasteiger partial charge on any atom is -0.485 e. The second-order valence-electron chi connectivity index (χ2n) is 7.04. The molecule has 4 rings (SSSR count). The maximum atomic E-state index is 12.6. The number of anilines is 1. The monoisotopic (exact) mass is 392 g/mol. The summed E-state index contributed by atoms with van der Waals surface area (Å²) in [5.41, 5.74) is 2.45. The number of tetrazole rings is 1. The van der Waals surface area contributed by atoms with Crippen LogP contribution in [0.3, 0.4) is 0 Å². The average Bonchev–Trinajstić information content (AvgIpc) is 3.20. The Morgan fingerprint density at radius 1 is 1.03 bits per heavy atom. The van der Waals surface area contributed by atoms with Gasteiger partial charge in [-0.1, -0.05) is 30.3 Å². The van der Waals surface area contributed by atoms with Crippen LogP contribution in [-0.4, -0.2) is 57.2 Å². The van der Waals surface area contributed by atoms with Crippen LogP contribution in [0.4, 0.5) is 5.69 Å². The summed E-state index contributed by atoms with van der Waals surface area (Å²) in [6, 6.07) is 17.9. The molecule has 1 aromatic heterocycles. The summed E-state index contributed by atoms with van der Waals surface area (Å²) < 4.78 is 5.61. The number of nitrogens with zero attached hydrogens (tertiary/aromatic N) is 6. The van der Waals surface area contributed by atoms with Gasteiger partial charge in [0.05, 0.1) is 0 Å². The highest BCUT2D eigenvalue weighted by molar-refractivity contribution is 5.76. The van der Waals surface area contributed by atoms with E-state index in [0.717, 1.165) is 18.8 Å². The Morgan fingerprint density at radius 3 is 2.59 bits per heavy atom. The van der Waals surface area contributed by atoms with Gasteiger partial charge in [0, 0.05) is 31.9 Å². The Bertz CT molecular complexity index is 951. The molecule has 1 amide bonds. The van der Waals surface area contributed by atoms with Crippen molar-refractivity contribution < 1.29 is 9.53 Å². The van der Waals surface area contributed by atoms with E-state index in [1.165, 1.54) is 16.0 Å². The molecular weight excluding hydrogens is 368 g/mol. The third-order valence-electron chi connectivity index (χ3n) is 4.88. The molecule has 0 N–H and O–H groups in total. The van der Waals surface area contributed by atoms with Crippen LogP contribution in [0.2, 0.25) is 0 Å². The fourth-order valence-electron chi connectivity index (χ4n) is 3.33. The van der Waals surface area contributed by atoms with Gasteiger partial charge in [0.25, 0.3) is 0 Å². The van der Waals surface area contributed by atoms with Gasteiger partial charge in [-0.3, -0.25) is 4.79 Å². The number of carbonyl (C=O) groups excluding carboxylic acids is 1. The zero-order valence-corrected chi connectivity index (χ0v) is 16.4. The Morgan fingerprint density at radius 2 is 1.83 bits per heavy atom. The first-order chi connectivity index (χ1) is 14.2. The first-order valence-electron chi connectivity index (χ1n) is 9.71. The summed E-state index contributed by atoms with van der Waals surface area (Å²) in [6.45, 7) is 5.40. The van der Waals surface area contributed by atoms with Gasteiger partial charge in [0.15, 0.2) is 6.61 Å². The lowest BCUT2D eigenvalue weighted by molar-refractivity contribution is -0.132. The minimum absolute atomic E-state index is 0.00169. The largest absolute Gasteiger partial charge is 0.485 e. The summed E-state index contributed by atoms with van der Waals surface area (Å²) in [6.07, 6.45) is 0. The van der Waals surface area contributed by atoms with Gasteiger partial charge in [0.2, 0.25) is 11.7 Å². The van der Waals surface area contributed by atoms with E-state index in [2.05, 4.69) is 51.5 Å². The topological polar surface area (TPSA) is 76.4 Å². The van der Waals surface area contributed by atoms with Crippen LogP contribution < -0.4 is 9.64 Å². The highest BCUT2D eigenvalue weighted by Gasteiger charge is 2.22. The van der Waals surface area contributed by atoms with Gasteiger partial charge >= 0.3 is 0 Å². The first kappa shape index (κ1) is 18.9. The SMILES string of the molecule is Cc1cccc(N2CCN(C(=O)Cn3nnc(COc4ccccc4)n3)CC2)c1. The van der Waals surface area contributed by atoms with Crippen molar-refractivity contribution in [2.75, 3.05) is 31.1 Å². The maximum Gasteiger partial charge on any atom is 0.246 e. The fourth-order valence-corrected chi connectivity index (χ4v) is 3.33. The molecule has 150 valence electrons. The molecule has 0 spiro atoms. The molecule has 1 aliphatic rings. The summed E-state index contributed by atoms with van der Waals surface area (Å²) in [4.78, 5) is 18.1. The molecule has 0 bridgehead atoms. The zero-order chi connectivity index (χ0) is 20.1. The molecule has 0 unspecified atom stereocenters. The van der Waals surface area contributed by atoms with Gasteiger partial charge < -0.3 is 14.5 Å². The van der Waals surface area contributed by atoms with E-state index in [1.54, 1.807) is 0 Å². The van der Waals surface area contributed by atoms with Gasteiger partial charge in [-0.15, -0.1) is 10.2 Å². The van der Waals surface area contributed by atoms with Crippen molar-refractivity contribution in [1.29, 1.82) is 0 Å². The summed E-state index contributed by atoms with van der Waals surface area (Å²) in [7, 11) is 0. The van der Waals surface area contributed by atoms with Crippen molar-refractivity contribution in [1.82, 2.24) is 25.1 Å². The van der Waals surface area contributed by atoms with Gasteiger partial charge in [-0.2, -0.15) is 4.80 Å². The lowest BCUT2D eigenvalue weighted by Crippen LogP contribution is -2.49. The quantitative estimate of drug-likeness (QED) is 0.638. The number of rotatable bonds is 6. The molecule has 8 heteroatoms. The van der Waals surface area contributed by atoms with E-state index in [-0.39, 0.29) is 19.1 Å². The molecule has 1 fully saturated rings. The van der Waals surface area contributed by atoms with Crippen molar-refractivity contribution in [3.8, 4) is 5.75 Å². The van der Waals surface area contributed by atoms with Crippen LogP contribution in [0, 0.1) is 6.92 Å². The van der Waals surface area contributed by atoms with Crippen molar-refractivity contribution in [3.05, 3.63) is 66.0 Å². The predicted molar refractivity (Wildman–Crippen MR) is 109 cm³/mol. The van der Waals surface area contributed by atoms with Crippen LogP contribution in [0.15, 0.2) is 54.6 Å². The fraction of sp³-hybridized carbons (Fsp3) is 0.333. The van der Waals surface area contributed by atoms with E-state index >= 15 is 0 Å². The molecule has 3 aromatic rings.